The summed E-state index contributed by atoms with van der Waals surface area (Å²) in [5, 5.41) is 18.0. The van der Waals surface area contributed by atoms with Crippen LogP contribution in [-0.4, -0.2) is 128 Å². The molecule has 1 saturated heterocycles. The number of aromatic nitrogens is 1. The summed E-state index contributed by atoms with van der Waals surface area (Å²) >= 11 is 0. The van der Waals surface area contributed by atoms with Gasteiger partial charge < -0.3 is 39.3 Å². The zero-order chi connectivity index (χ0) is 45.5. The van der Waals surface area contributed by atoms with Gasteiger partial charge >= 0.3 is 18.0 Å². The Bertz CT molecular complexity index is 2440. The lowest BCUT2D eigenvalue weighted by Crippen LogP contribution is -2.81. The number of carbonyl (C=O) groups excluding carboxylic acids is 3. The van der Waals surface area contributed by atoms with E-state index < -0.39 is 46.1 Å². The Balaban J connectivity index is 1.21. The molecule has 2 saturated carbocycles. The molecular formula is C52H67N5O8. The number of ether oxygens (including phenoxy) is 4. The molecule has 3 N–H and O–H groups in total. The van der Waals surface area contributed by atoms with Gasteiger partial charge in [-0.05, 0) is 93.5 Å². The molecule has 13 nitrogen and oxygen atoms in total. The van der Waals surface area contributed by atoms with Crippen LogP contribution in [-0.2, 0) is 41.1 Å². The van der Waals surface area contributed by atoms with Crippen LogP contribution in [0.25, 0.3) is 10.9 Å². The van der Waals surface area contributed by atoms with E-state index >= 15 is 4.79 Å². The summed E-state index contributed by atoms with van der Waals surface area (Å²) in [6, 6.07) is 11.7. The third kappa shape index (κ3) is 6.52. The maximum Gasteiger partial charge on any atom is 0.407 e. The average Bonchev–Trinajstić information content (AvgIpc) is 3.98. The molecule has 6 heterocycles. The SMILES string of the molecule is CCC1=C[C@@H]2CN(CCc3c([nH]c4ccccc34)[C@@](C(=O)OC)(c3cc4c(cc3OC)N(C)[C@H]3C(O)(CNC(=O)OC5CCCCC5)[C@H](OC(C)=O)[C@]5(CC)C=CCN6CC[C@]43[C@@H]65)C2)C1. The minimum atomic E-state index is -1.81. The van der Waals surface area contributed by atoms with E-state index in [4.69, 9.17) is 18.9 Å². The van der Waals surface area contributed by atoms with Gasteiger partial charge in [0.2, 0.25) is 0 Å². The van der Waals surface area contributed by atoms with Gasteiger partial charge in [-0.1, -0.05) is 62.3 Å². The van der Waals surface area contributed by atoms with Crippen molar-refractivity contribution in [1.29, 1.82) is 0 Å². The van der Waals surface area contributed by atoms with Crippen molar-refractivity contribution in [3.05, 3.63) is 82.6 Å². The zero-order valence-electron chi connectivity index (χ0n) is 39.0. The molecule has 2 aliphatic carbocycles. The van der Waals surface area contributed by atoms with Crippen molar-refractivity contribution in [2.24, 2.45) is 11.3 Å². The van der Waals surface area contributed by atoms with Gasteiger partial charge in [-0.15, -0.1) is 0 Å². The van der Waals surface area contributed by atoms with E-state index in [1.807, 2.05) is 13.1 Å². The number of para-hydroxylation sites is 1. The molecule has 0 radical (unpaired) electrons. The fraction of sp³-hybridized carbons (Fsp3) is 0.596. The number of aliphatic hydroxyl groups is 1. The molecule has 5 aliphatic heterocycles. The number of fused-ring (bicyclic) bond motifs is 6. The van der Waals surface area contributed by atoms with E-state index in [1.54, 1.807) is 7.11 Å². The molecule has 9 atom stereocenters. The Morgan fingerprint density at radius 2 is 1.80 bits per heavy atom. The second-order valence-corrected chi connectivity index (χ2v) is 20.2. The number of rotatable bonds is 9. The van der Waals surface area contributed by atoms with Crippen molar-refractivity contribution in [2.45, 2.75) is 126 Å². The molecule has 348 valence electrons. The lowest BCUT2D eigenvalue weighted by Gasteiger charge is -2.64. The van der Waals surface area contributed by atoms with E-state index in [1.165, 1.54) is 19.6 Å². The Labute approximate surface area is 382 Å². The summed E-state index contributed by atoms with van der Waals surface area (Å²) in [6.45, 7) is 9.51. The first kappa shape index (κ1) is 44.0. The molecule has 1 aromatic heterocycles. The number of likely N-dealkylation sites (N-methyl/N-ethyl adjacent to an activating group) is 1. The highest BCUT2D eigenvalue weighted by molar-refractivity contribution is 5.94. The van der Waals surface area contributed by atoms with Crippen LogP contribution in [0.2, 0.25) is 0 Å². The van der Waals surface area contributed by atoms with Gasteiger partial charge in [0.15, 0.2) is 0 Å². The second-order valence-electron chi connectivity index (χ2n) is 20.2. The van der Waals surface area contributed by atoms with Gasteiger partial charge in [-0.25, -0.2) is 4.79 Å². The number of esters is 2. The monoisotopic (exact) mass is 889 g/mol. The van der Waals surface area contributed by atoms with Crippen LogP contribution < -0.4 is 15.0 Å². The first-order valence-corrected chi connectivity index (χ1v) is 24.2. The number of hydrogen-bond donors (Lipinski definition) is 3. The summed E-state index contributed by atoms with van der Waals surface area (Å²) in [6.07, 6.45) is 13.0. The van der Waals surface area contributed by atoms with E-state index in [-0.39, 0.29) is 30.6 Å². The van der Waals surface area contributed by atoms with Gasteiger partial charge in [0.25, 0.3) is 0 Å². The standard InChI is InChI=1S/C52H67N5O8/c1-7-33-25-34-28-51(47(59)63-6,43-37(19-23-56(29-33)30-34)36-17-12-13-18-40(36)54-43)39-26-38-41(27-42(39)62-5)55(4)45-50(38)21-24-57-22-14-20-49(8-2,44(50)57)46(64-32(3)58)52(45,61)31-53-48(60)65-35-15-10-9-11-16-35/h12-14,17-18,20,25-27,34-35,44-46,54,61H,7-11,15-16,19,21-24,28-31H2,1-6H3,(H,53,60)/t34-,44-,45+,46+,49+,50+,51-,52?/m0/s1. The van der Waals surface area contributed by atoms with Crippen molar-refractivity contribution in [1.82, 2.24) is 20.1 Å². The summed E-state index contributed by atoms with van der Waals surface area (Å²) in [5.74, 6) is -0.285. The van der Waals surface area contributed by atoms with E-state index in [2.05, 4.69) is 87.4 Å². The molecule has 3 aromatic rings. The fourth-order valence-corrected chi connectivity index (χ4v) is 14.6. The predicted octanol–water partition coefficient (Wildman–Crippen LogP) is 6.68. The van der Waals surface area contributed by atoms with E-state index in [9.17, 15) is 14.7 Å². The maximum atomic E-state index is 15.5. The molecule has 1 amide bonds. The van der Waals surface area contributed by atoms with Crippen molar-refractivity contribution in [2.75, 3.05) is 65.4 Å². The number of alkyl carbamates (subject to hydrolysis) is 1. The van der Waals surface area contributed by atoms with Crippen molar-refractivity contribution >= 4 is 34.6 Å². The number of aromatic amines is 1. The Morgan fingerprint density at radius 1 is 1.00 bits per heavy atom. The largest absolute Gasteiger partial charge is 0.496 e. The van der Waals surface area contributed by atoms with Crippen LogP contribution in [0.1, 0.15) is 101 Å². The van der Waals surface area contributed by atoms with Gasteiger partial charge in [0, 0.05) is 90.9 Å². The van der Waals surface area contributed by atoms with Crippen LogP contribution in [0.3, 0.4) is 0 Å². The highest BCUT2D eigenvalue weighted by atomic mass is 16.6. The van der Waals surface area contributed by atoms with Gasteiger partial charge in [0.05, 0.1) is 26.8 Å². The van der Waals surface area contributed by atoms with Crippen molar-refractivity contribution in [3.8, 4) is 5.75 Å². The molecule has 65 heavy (non-hydrogen) atoms. The number of H-pyrrole nitrogens is 1. The molecule has 3 fully saturated rings. The van der Waals surface area contributed by atoms with Crippen molar-refractivity contribution < 1.29 is 38.4 Å². The summed E-state index contributed by atoms with van der Waals surface area (Å²) in [7, 11) is 5.14. The third-order valence-corrected chi connectivity index (χ3v) is 17.0. The molecule has 2 aromatic carbocycles. The van der Waals surface area contributed by atoms with E-state index in [0.717, 1.165) is 110 Å². The van der Waals surface area contributed by atoms with Crippen LogP contribution in [0.4, 0.5) is 10.5 Å². The lowest BCUT2D eigenvalue weighted by atomic mass is 9.47. The summed E-state index contributed by atoms with van der Waals surface area (Å²) in [4.78, 5) is 53.5. The highest BCUT2D eigenvalue weighted by Crippen LogP contribution is 2.68. The molecule has 13 heteroatoms. The maximum absolute atomic E-state index is 15.5. The Hall–Kier alpha value is -4.85. The third-order valence-electron chi connectivity index (χ3n) is 17.0. The van der Waals surface area contributed by atoms with Crippen molar-refractivity contribution in [3.63, 3.8) is 0 Å². The number of anilines is 1. The molecule has 2 bridgehead atoms. The van der Waals surface area contributed by atoms with Gasteiger partial charge in [-0.2, -0.15) is 0 Å². The number of amides is 1. The predicted molar refractivity (Wildman–Crippen MR) is 248 cm³/mol. The van der Waals surface area contributed by atoms with Crippen LogP contribution in [0, 0.1) is 11.3 Å². The minimum Gasteiger partial charge on any atom is -0.496 e. The lowest BCUT2D eigenvalue weighted by molar-refractivity contribution is -0.217. The normalized spacial score (nSPS) is 33.9. The second kappa shape index (κ2) is 16.5. The quantitative estimate of drug-likeness (QED) is 0.120. The highest BCUT2D eigenvalue weighted by Gasteiger charge is 2.78. The van der Waals surface area contributed by atoms with Crippen LogP contribution in [0.5, 0.6) is 5.75 Å². The number of benzene rings is 2. The first-order valence-electron chi connectivity index (χ1n) is 24.2. The fourth-order valence-electron chi connectivity index (χ4n) is 14.6. The smallest absolute Gasteiger partial charge is 0.407 e. The molecule has 2 unspecified atom stereocenters. The number of nitrogens with zero attached hydrogens (tertiary/aromatic N) is 3. The first-order chi connectivity index (χ1) is 31.4. The Morgan fingerprint density at radius 3 is 2.54 bits per heavy atom. The molecule has 1 spiro atoms. The van der Waals surface area contributed by atoms with Crippen LogP contribution >= 0.6 is 0 Å². The number of methoxy groups -OCH3 is 2. The number of carbonyl (C=O) groups is 3. The number of hydrogen-bond acceptors (Lipinski definition) is 11. The molecule has 7 aliphatic rings. The van der Waals surface area contributed by atoms with Gasteiger partial charge in [-0.3, -0.25) is 19.4 Å². The van der Waals surface area contributed by atoms with E-state index in [0.29, 0.717) is 31.6 Å². The van der Waals surface area contributed by atoms with Gasteiger partial charge in [0.1, 0.15) is 29.0 Å². The summed E-state index contributed by atoms with van der Waals surface area (Å²) < 4.78 is 24.9. The van der Waals surface area contributed by atoms with Crippen LogP contribution in [0.15, 0.2) is 60.2 Å². The summed E-state index contributed by atoms with van der Waals surface area (Å²) in [5.41, 5.74) is 2.10. The average molecular weight is 890 g/mol. The number of nitrogens with one attached hydrogen (secondary N) is 2. The molecule has 10 rings (SSSR count). The Kier molecular flexibility index (Phi) is 11.2. The zero-order valence-corrected chi connectivity index (χ0v) is 39.0. The molecular weight excluding hydrogens is 823 g/mol. The minimum absolute atomic E-state index is 0.0311. The topological polar surface area (TPSA) is 146 Å².